The summed E-state index contributed by atoms with van der Waals surface area (Å²) in [6, 6.07) is 6.17. The van der Waals surface area contributed by atoms with E-state index in [0.717, 1.165) is 23.4 Å². The summed E-state index contributed by atoms with van der Waals surface area (Å²) in [7, 11) is 0. The van der Waals surface area contributed by atoms with Gasteiger partial charge < -0.3 is 10.2 Å². The molecule has 0 aliphatic heterocycles. The maximum atomic E-state index is 5.76. The van der Waals surface area contributed by atoms with E-state index in [1.165, 1.54) is 24.8 Å². The Kier molecular flexibility index (Phi) is 2.40. The van der Waals surface area contributed by atoms with Crippen molar-refractivity contribution in [1.29, 1.82) is 0 Å². The van der Waals surface area contributed by atoms with Crippen LogP contribution in [0.15, 0.2) is 22.6 Å². The highest BCUT2D eigenvalue weighted by Gasteiger charge is 2.24. The number of nitrogens with two attached hydrogens (primary N) is 1. The molecule has 1 saturated carbocycles. The lowest BCUT2D eigenvalue weighted by atomic mass is 9.85. The highest BCUT2D eigenvalue weighted by Crippen LogP contribution is 2.37. The predicted octanol–water partition coefficient (Wildman–Crippen LogP) is 2.60. The van der Waals surface area contributed by atoms with Crippen LogP contribution in [-0.2, 0) is 6.42 Å². The Morgan fingerprint density at radius 2 is 2.25 bits per heavy atom. The van der Waals surface area contributed by atoms with E-state index in [0.29, 0.717) is 12.5 Å². The second kappa shape index (κ2) is 3.91. The molecular weight excluding hydrogens is 200 g/mol. The zero-order valence-electron chi connectivity index (χ0n) is 9.28. The van der Waals surface area contributed by atoms with E-state index in [9.17, 15) is 0 Å². The molecule has 1 aromatic carbocycles. The van der Waals surface area contributed by atoms with Gasteiger partial charge in [-0.1, -0.05) is 12.5 Å². The molecule has 0 spiro atoms. The van der Waals surface area contributed by atoms with E-state index in [1.807, 2.05) is 6.07 Å². The molecule has 0 atom stereocenters. The second-order valence-corrected chi connectivity index (χ2v) is 4.52. The van der Waals surface area contributed by atoms with Gasteiger partial charge in [0, 0.05) is 5.92 Å². The van der Waals surface area contributed by atoms with Crippen LogP contribution >= 0.6 is 0 Å². The molecule has 1 heterocycles. The van der Waals surface area contributed by atoms with Gasteiger partial charge in [0.2, 0.25) is 0 Å². The summed E-state index contributed by atoms with van der Waals surface area (Å²) in [6.45, 7) is 0.679. The molecule has 2 N–H and O–H groups in total. The monoisotopic (exact) mass is 216 g/mol. The SMILES string of the molecule is NCCc1ccc2oc(C3CCC3)nc2c1. The maximum absolute atomic E-state index is 5.76. The molecule has 1 aromatic heterocycles. The first-order valence-corrected chi connectivity index (χ1v) is 5.96. The van der Waals surface area contributed by atoms with Gasteiger partial charge >= 0.3 is 0 Å². The summed E-state index contributed by atoms with van der Waals surface area (Å²) in [5, 5.41) is 0. The number of fused-ring (bicyclic) bond motifs is 1. The van der Waals surface area contributed by atoms with E-state index in [-0.39, 0.29) is 0 Å². The largest absolute Gasteiger partial charge is 0.440 e. The summed E-state index contributed by atoms with van der Waals surface area (Å²) in [4.78, 5) is 4.57. The maximum Gasteiger partial charge on any atom is 0.198 e. The zero-order valence-corrected chi connectivity index (χ0v) is 9.28. The lowest BCUT2D eigenvalue weighted by Gasteiger charge is -2.21. The van der Waals surface area contributed by atoms with E-state index in [4.69, 9.17) is 10.2 Å². The normalized spacial score (nSPS) is 16.6. The summed E-state index contributed by atoms with van der Waals surface area (Å²) >= 11 is 0. The average molecular weight is 216 g/mol. The molecule has 3 nitrogen and oxygen atoms in total. The number of nitrogens with zero attached hydrogens (tertiary/aromatic N) is 1. The summed E-state index contributed by atoms with van der Waals surface area (Å²) in [5.41, 5.74) is 8.67. The highest BCUT2D eigenvalue weighted by atomic mass is 16.3. The lowest BCUT2D eigenvalue weighted by molar-refractivity contribution is 0.344. The highest BCUT2D eigenvalue weighted by molar-refractivity contribution is 5.73. The Bertz CT molecular complexity index is 500. The molecule has 3 heteroatoms. The molecule has 0 unspecified atom stereocenters. The van der Waals surface area contributed by atoms with E-state index in [2.05, 4.69) is 17.1 Å². The first-order chi connectivity index (χ1) is 7.86. The second-order valence-electron chi connectivity index (χ2n) is 4.52. The summed E-state index contributed by atoms with van der Waals surface area (Å²) in [6.07, 6.45) is 4.66. The standard InChI is InChI=1S/C13H16N2O/c14-7-6-9-4-5-12-11(8-9)15-13(16-12)10-2-1-3-10/h4-5,8,10H,1-3,6-7,14H2. The molecule has 84 valence electrons. The molecule has 1 fully saturated rings. The van der Waals surface area contributed by atoms with Crippen LogP contribution in [0.2, 0.25) is 0 Å². The zero-order chi connectivity index (χ0) is 11.0. The minimum atomic E-state index is 0.561. The van der Waals surface area contributed by atoms with Crippen LogP contribution in [0, 0.1) is 0 Å². The van der Waals surface area contributed by atoms with Crippen LogP contribution in [0.3, 0.4) is 0 Å². The van der Waals surface area contributed by atoms with Crippen LogP contribution in [-0.4, -0.2) is 11.5 Å². The van der Waals surface area contributed by atoms with Gasteiger partial charge in [0.15, 0.2) is 11.5 Å². The molecule has 0 radical (unpaired) electrons. The van der Waals surface area contributed by atoms with Gasteiger partial charge in [0.05, 0.1) is 0 Å². The van der Waals surface area contributed by atoms with Crippen LogP contribution in [0.5, 0.6) is 0 Å². The first-order valence-electron chi connectivity index (χ1n) is 5.96. The fourth-order valence-electron chi connectivity index (χ4n) is 2.14. The Balaban J connectivity index is 1.96. The Morgan fingerprint density at radius 3 is 2.94 bits per heavy atom. The van der Waals surface area contributed by atoms with Gasteiger partial charge in [-0.05, 0) is 43.5 Å². The van der Waals surface area contributed by atoms with Gasteiger partial charge in [-0.3, -0.25) is 0 Å². The third-order valence-electron chi connectivity index (χ3n) is 3.36. The van der Waals surface area contributed by atoms with Crippen LogP contribution < -0.4 is 5.73 Å². The third-order valence-corrected chi connectivity index (χ3v) is 3.36. The fraction of sp³-hybridized carbons (Fsp3) is 0.462. The van der Waals surface area contributed by atoms with Crippen LogP contribution in [0.25, 0.3) is 11.1 Å². The van der Waals surface area contributed by atoms with Crippen molar-refractivity contribution in [2.45, 2.75) is 31.6 Å². The Hall–Kier alpha value is -1.35. The molecule has 0 saturated heterocycles. The number of hydrogen-bond donors (Lipinski definition) is 1. The van der Waals surface area contributed by atoms with E-state index in [1.54, 1.807) is 0 Å². The minimum Gasteiger partial charge on any atom is -0.440 e. The number of oxazole rings is 1. The van der Waals surface area contributed by atoms with Crippen molar-refractivity contribution in [2.75, 3.05) is 6.54 Å². The van der Waals surface area contributed by atoms with Crippen molar-refractivity contribution in [3.8, 4) is 0 Å². The van der Waals surface area contributed by atoms with Gasteiger partial charge in [-0.2, -0.15) is 0 Å². The van der Waals surface area contributed by atoms with Gasteiger partial charge in [0.25, 0.3) is 0 Å². The number of rotatable bonds is 3. The van der Waals surface area contributed by atoms with Crippen molar-refractivity contribution < 1.29 is 4.42 Å². The van der Waals surface area contributed by atoms with Crippen molar-refractivity contribution in [3.63, 3.8) is 0 Å². The average Bonchev–Trinajstić information content (AvgIpc) is 2.57. The quantitative estimate of drug-likeness (QED) is 0.858. The number of benzene rings is 1. The molecule has 1 aliphatic carbocycles. The fourth-order valence-corrected chi connectivity index (χ4v) is 2.14. The molecule has 3 rings (SSSR count). The molecule has 16 heavy (non-hydrogen) atoms. The Labute approximate surface area is 94.7 Å². The molecule has 0 amide bonds. The molecule has 2 aromatic rings. The van der Waals surface area contributed by atoms with Crippen molar-refractivity contribution >= 4 is 11.1 Å². The van der Waals surface area contributed by atoms with Crippen molar-refractivity contribution in [3.05, 3.63) is 29.7 Å². The minimum absolute atomic E-state index is 0.561. The molecule has 1 aliphatic rings. The van der Waals surface area contributed by atoms with Crippen LogP contribution in [0.4, 0.5) is 0 Å². The topological polar surface area (TPSA) is 52.0 Å². The lowest BCUT2D eigenvalue weighted by Crippen LogP contribution is -2.08. The molecule has 0 bridgehead atoms. The van der Waals surface area contributed by atoms with Crippen LogP contribution in [0.1, 0.15) is 36.6 Å². The van der Waals surface area contributed by atoms with E-state index >= 15 is 0 Å². The van der Waals surface area contributed by atoms with E-state index < -0.39 is 0 Å². The summed E-state index contributed by atoms with van der Waals surface area (Å²) < 4.78 is 5.76. The molecular formula is C13H16N2O. The first kappa shape index (κ1) is 9.85. The van der Waals surface area contributed by atoms with Gasteiger partial charge in [-0.15, -0.1) is 0 Å². The van der Waals surface area contributed by atoms with Gasteiger partial charge in [0.1, 0.15) is 5.52 Å². The summed E-state index contributed by atoms with van der Waals surface area (Å²) in [5.74, 6) is 1.48. The number of aromatic nitrogens is 1. The smallest absolute Gasteiger partial charge is 0.198 e. The number of hydrogen-bond acceptors (Lipinski definition) is 3. The van der Waals surface area contributed by atoms with Crippen molar-refractivity contribution in [1.82, 2.24) is 4.98 Å². The van der Waals surface area contributed by atoms with Crippen molar-refractivity contribution in [2.24, 2.45) is 5.73 Å². The predicted molar refractivity (Wildman–Crippen MR) is 63.4 cm³/mol. The Morgan fingerprint density at radius 1 is 1.38 bits per heavy atom. The van der Waals surface area contributed by atoms with Gasteiger partial charge in [-0.25, -0.2) is 4.98 Å². The third kappa shape index (κ3) is 1.61.